The number of rotatable bonds is 3. The molecule has 0 bridgehead atoms. The van der Waals surface area contributed by atoms with E-state index >= 15 is 0 Å². The van der Waals surface area contributed by atoms with E-state index in [4.69, 9.17) is 21.1 Å². The molecule has 2 aromatic carbocycles. The lowest BCUT2D eigenvalue weighted by molar-refractivity contribution is -0.143. The Kier molecular flexibility index (Phi) is 4.53. The summed E-state index contributed by atoms with van der Waals surface area (Å²) in [7, 11) is 0. The van der Waals surface area contributed by atoms with Crippen molar-refractivity contribution in [1.82, 2.24) is 0 Å². The number of carbonyl (C=O) groups is 1. The maximum absolute atomic E-state index is 12.0. The van der Waals surface area contributed by atoms with Crippen molar-refractivity contribution in [2.24, 2.45) is 5.41 Å². The number of carbonyl (C=O) groups excluding carboxylic acids is 1. The van der Waals surface area contributed by atoms with E-state index in [1.165, 1.54) is 0 Å². The minimum absolute atomic E-state index is 0.311. The van der Waals surface area contributed by atoms with Crippen molar-refractivity contribution in [1.29, 1.82) is 0 Å². The van der Waals surface area contributed by atoms with Crippen LogP contribution >= 0.6 is 11.6 Å². The Bertz CT molecular complexity index is 627. The minimum atomic E-state index is -0.576. The molecule has 0 fully saturated rings. The Labute approximate surface area is 129 Å². The topological polar surface area (TPSA) is 35.5 Å². The van der Waals surface area contributed by atoms with Gasteiger partial charge in [0.25, 0.3) is 0 Å². The zero-order valence-electron chi connectivity index (χ0n) is 12.2. The Morgan fingerprint density at radius 2 is 1.52 bits per heavy atom. The van der Waals surface area contributed by atoms with Crippen LogP contribution in [0.4, 0.5) is 0 Å². The second-order valence-corrected chi connectivity index (χ2v) is 6.08. The van der Waals surface area contributed by atoms with Gasteiger partial charge < -0.3 is 9.47 Å². The number of halogens is 1. The van der Waals surface area contributed by atoms with Crippen molar-refractivity contribution in [3.05, 3.63) is 53.6 Å². The summed E-state index contributed by atoms with van der Waals surface area (Å²) in [5.41, 5.74) is -0.576. The number of benzene rings is 2. The first-order chi connectivity index (χ1) is 9.86. The van der Waals surface area contributed by atoms with E-state index in [1.807, 2.05) is 6.07 Å². The molecule has 3 nitrogen and oxygen atoms in total. The van der Waals surface area contributed by atoms with Crippen LogP contribution in [0.15, 0.2) is 48.5 Å². The second-order valence-electron chi connectivity index (χ2n) is 5.64. The molecule has 110 valence electrons. The lowest BCUT2D eigenvalue weighted by Crippen LogP contribution is -2.25. The smallest absolute Gasteiger partial charge is 0.316 e. The Balaban J connectivity index is 2.21. The summed E-state index contributed by atoms with van der Waals surface area (Å²) in [6.45, 7) is 5.41. The third kappa shape index (κ3) is 4.23. The molecule has 0 aliphatic rings. The van der Waals surface area contributed by atoms with Gasteiger partial charge in [0, 0.05) is 5.02 Å². The fraction of sp³-hybridized carbons (Fsp3) is 0.235. The van der Waals surface area contributed by atoms with Crippen molar-refractivity contribution in [3.63, 3.8) is 0 Å². The number of hydrogen-bond donors (Lipinski definition) is 0. The molecule has 0 heterocycles. The molecule has 21 heavy (non-hydrogen) atoms. The standard InChI is InChI=1S/C17H17ClO3/c1-17(2,3)16(19)21-15-7-5-4-6-14(15)20-13-10-8-12(18)9-11-13/h4-11H,1-3H3. The maximum atomic E-state index is 12.0. The summed E-state index contributed by atoms with van der Waals surface area (Å²) in [6, 6.07) is 14.0. The largest absolute Gasteiger partial charge is 0.453 e. The number of esters is 1. The van der Waals surface area contributed by atoms with E-state index in [-0.39, 0.29) is 5.97 Å². The fourth-order valence-electron chi connectivity index (χ4n) is 1.50. The SMILES string of the molecule is CC(C)(C)C(=O)Oc1ccccc1Oc1ccc(Cl)cc1. The van der Waals surface area contributed by atoms with Gasteiger partial charge in [-0.3, -0.25) is 4.79 Å². The van der Waals surface area contributed by atoms with E-state index in [9.17, 15) is 4.79 Å². The lowest BCUT2D eigenvalue weighted by Gasteiger charge is -2.18. The highest BCUT2D eigenvalue weighted by molar-refractivity contribution is 6.30. The van der Waals surface area contributed by atoms with Gasteiger partial charge >= 0.3 is 5.97 Å². The van der Waals surface area contributed by atoms with Gasteiger partial charge in [-0.25, -0.2) is 0 Å². The molecule has 0 unspecified atom stereocenters. The van der Waals surface area contributed by atoms with Crippen LogP contribution in [0.2, 0.25) is 5.02 Å². The van der Waals surface area contributed by atoms with Gasteiger partial charge in [-0.05, 0) is 57.2 Å². The molecule has 0 atom stereocenters. The average molecular weight is 305 g/mol. The van der Waals surface area contributed by atoms with Crippen LogP contribution < -0.4 is 9.47 Å². The van der Waals surface area contributed by atoms with Gasteiger partial charge in [0.2, 0.25) is 0 Å². The van der Waals surface area contributed by atoms with Gasteiger partial charge in [-0.2, -0.15) is 0 Å². The number of para-hydroxylation sites is 2. The molecule has 0 aliphatic carbocycles. The highest BCUT2D eigenvalue weighted by Crippen LogP contribution is 2.33. The molecule has 0 saturated heterocycles. The van der Waals surface area contributed by atoms with Crippen LogP contribution in [-0.2, 0) is 4.79 Å². The van der Waals surface area contributed by atoms with Crippen molar-refractivity contribution < 1.29 is 14.3 Å². The van der Waals surface area contributed by atoms with Gasteiger partial charge in [-0.1, -0.05) is 23.7 Å². The van der Waals surface area contributed by atoms with Crippen LogP contribution in [0, 0.1) is 5.41 Å². The maximum Gasteiger partial charge on any atom is 0.316 e. The first kappa shape index (κ1) is 15.4. The summed E-state index contributed by atoms with van der Waals surface area (Å²) in [5.74, 6) is 1.19. The monoisotopic (exact) mass is 304 g/mol. The van der Waals surface area contributed by atoms with E-state index in [1.54, 1.807) is 63.2 Å². The molecule has 2 aromatic rings. The van der Waals surface area contributed by atoms with E-state index in [0.29, 0.717) is 22.3 Å². The highest BCUT2D eigenvalue weighted by Gasteiger charge is 2.24. The van der Waals surface area contributed by atoms with E-state index in [2.05, 4.69) is 0 Å². The van der Waals surface area contributed by atoms with Crippen LogP contribution in [0.5, 0.6) is 17.2 Å². The lowest BCUT2D eigenvalue weighted by atomic mass is 9.97. The molecule has 4 heteroatoms. The fourth-order valence-corrected chi connectivity index (χ4v) is 1.63. The zero-order valence-corrected chi connectivity index (χ0v) is 13.0. The molecule has 0 N–H and O–H groups in total. The third-order valence-electron chi connectivity index (χ3n) is 2.71. The Morgan fingerprint density at radius 3 is 2.10 bits per heavy atom. The molecule has 2 rings (SSSR count). The van der Waals surface area contributed by atoms with Crippen LogP contribution in [0.1, 0.15) is 20.8 Å². The second kappa shape index (κ2) is 6.19. The third-order valence-corrected chi connectivity index (χ3v) is 2.96. The molecular weight excluding hydrogens is 288 g/mol. The van der Waals surface area contributed by atoms with Gasteiger partial charge in [0.15, 0.2) is 11.5 Å². The number of ether oxygens (including phenoxy) is 2. The van der Waals surface area contributed by atoms with Crippen molar-refractivity contribution in [2.45, 2.75) is 20.8 Å². The number of hydrogen-bond acceptors (Lipinski definition) is 3. The van der Waals surface area contributed by atoms with Gasteiger partial charge in [-0.15, -0.1) is 0 Å². The molecule has 0 spiro atoms. The molecule has 0 radical (unpaired) electrons. The predicted molar refractivity (Wildman–Crippen MR) is 83.1 cm³/mol. The van der Waals surface area contributed by atoms with Crippen LogP contribution in [0.3, 0.4) is 0 Å². The highest BCUT2D eigenvalue weighted by atomic mass is 35.5. The molecule has 0 aromatic heterocycles. The van der Waals surface area contributed by atoms with Crippen molar-refractivity contribution in [3.8, 4) is 17.2 Å². The van der Waals surface area contributed by atoms with Gasteiger partial charge in [0.05, 0.1) is 5.41 Å². The molecular formula is C17H17ClO3. The van der Waals surface area contributed by atoms with Gasteiger partial charge in [0.1, 0.15) is 5.75 Å². The Hall–Kier alpha value is -2.00. The predicted octanol–water partition coefficient (Wildman–Crippen LogP) is 5.08. The Morgan fingerprint density at radius 1 is 0.952 bits per heavy atom. The van der Waals surface area contributed by atoms with E-state index in [0.717, 1.165) is 0 Å². The summed E-state index contributed by atoms with van der Waals surface area (Å²) in [4.78, 5) is 12.0. The van der Waals surface area contributed by atoms with Crippen molar-refractivity contribution in [2.75, 3.05) is 0 Å². The molecule has 0 saturated carbocycles. The average Bonchev–Trinajstić information content (AvgIpc) is 2.42. The minimum Gasteiger partial charge on any atom is -0.453 e. The summed E-state index contributed by atoms with van der Waals surface area (Å²) in [5, 5.41) is 0.634. The van der Waals surface area contributed by atoms with Crippen LogP contribution in [-0.4, -0.2) is 5.97 Å². The molecule has 0 amide bonds. The summed E-state index contributed by atoms with van der Waals surface area (Å²) < 4.78 is 11.2. The van der Waals surface area contributed by atoms with E-state index < -0.39 is 5.41 Å². The normalized spacial score (nSPS) is 11.0. The summed E-state index contributed by atoms with van der Waals surface area (Å²) in [6.07, 6.45) is 0. The first-order valence-electron chi connectivity index (χ1n) is 6.61. The molecule has 0 aliphatic heterocycles. The van der Waals surface area contributed by atoms with Crippen LogP contribution in [0.25, 0.3) is 0 Å². The van der Waals surface area contributed by atoms with Crippen molar-refractivity contribution >= 4 is 17.6 Å². The zero-order chi connectivity index (χ0) is 15.5. The quantitative estimate of drug-likeness (QED) is 0.585. The summed E-state index contributed by atoms with van der Waals surface area (Å²) >= 11 is 5.84. The first-order valence-corrected chi connectivity index (χ1v) is 6.99.